The molecule has 0 radical (unpaired) electrons. The maximum absolute atomic E-state index is 11.6. The van der Waals surface area contributed by atoms with E-state index in [9.17, 15) is 9.59 Å². The van der Waals surface area contributed by atoms with Gasteiger partial charge in [0.2, 0.25) is 5.78 Å². The lowest BCUT2D eigenvalue weighted by atomic mass is 9.87. The average molecular weight is 199 g/mol. The summed E-state index contributed by atoms with van der Waals surface area (Å²) < 4.78 is 0. The highest BCUT2D eigenvalue weighted by Crippen LogP contribution is 2.25. The minimum atomic E-state index is -0.324. The third-order valence-corrected chi connectivity index (χ3v) is 2.37. The second kappa shape index (κ2) is 3.28. The number of nitrogens with one attached hydrogen (secondary N) is 1. The molecule has 0 saturated carbocycles. The Bertz CT molecular complexity index is 512. The van der Waals surface area contributed by atoms with Crippen LogP contribution in [0.1, 0.15) is 22.8 Å². The molecule has 1 aromatic rings. The summed E-state index contributed by atoms with van der Waals surface area (Å²) in [6, 6.07) is 6.87. The molecule has 3 heteroatoms. The monoisotopic (exact) mass is 199 g/mol. The number of Topliss-reactive ketones (excluding diaryl/α,β-unsaturated/α-hetero) is 2. The van der Waals surface area contributed by atoms with Crippen LogP contribution in [0.3, 0.4) is 0 Å². The molecule has 0 heterocycles. The third kappa shape index (κ3) is 1.42. The quantitative estimate of drug-likeness (QED) is 0.750. The van der Waals surface area contributed by atoms with Crippen LogP contribution in [-0.2, 0) is 4.79 Å². The van der Waals surface area contributed by atoms with Gasteiger partial charge < -0.3 is 0 Å². The molecule has 1 aromatic carbocycles. The number of carbonyl (C=O) groups is 2. The second-order valence-corrected chi connectivity index (χ2v) is 3.40. The molecule has 0 aliphatic heterocycles. The first-order chi connectivity index (χ1) is 7.11. The maximum atomic E-state index is 11.6. The second-order valence-electron chi connectivity index (χ2n) is 3.40. The highest BCUT2D eigenvalue weighted by atomic mass is 16.1. The summed E-state index contributed by atoms with van der Waals surface area (Å²) in [6.45, 7) is 1.44. The summed E-state index contributed by atoms with van der Waals surface area (Å²) in [4.78, 5) is 22.9. The number of carbonyl (C=O) groups excluding carboxylic acids is 2. The molecular weight excluding hydrogens is 190 g/mol. The number of ketones is 2. The largest absolute Gasteiger partial charge is 0.297 e. The Morgan fingerprint density at radius 3 is 2.40 bits per heavy atom. The lowest BCUT2D eigenvalue weighted by Gasteiger charge is -2.14. The van der Waals surface area contributed by atoms with E-state index in [-0.39, 0.29) is 17.3 Å². The lowest BCUT2D eigenvalue weighted by Crippen LogP contribution is -2.19. The molecule has 2 rings (SSSR count). The van der Waals surface area contributed by atoms with Crippen molar-refractivity contribution in [3.8, 4) is 0 Å². The Morgan fingerprint density at radius 2 is 1.80 bits per heavy atom. The normalized spacial score (nSPS) is 14.6. The van der Waals surface area contributed by atoms with Crippen molar-refractivity contribution in [3.05, 3.63) is 41.5 Å². The van der Waals surface area contributed by atoms with E-state index < -0.39 is 0 Å². The van der Waals surface area contributed by atoms with Gasteiger partial charge in [0.1, 0.15) is 5.71 Å². The molecule has 0 fully saturated rings. The fourth-order valence-electron chi connectivity index (χ4n) is 1.64. The van der Waals surface area contributed by atoms with Crippen LogP contribution in [0.4, 0.5) is 0 Å². The fraction of sp³-hybridized carbons (Fsp3) is 0.0833. The molecule has 0 aromatic heterocycles. The smallest absolute Gasteiger partial charge is 0.211 e. The molecule has 0 saturated heterocycles. The highest BCUT2D eigenvalue weighted by Gasteiger charge is 2.24. The van der Waals surface area contributed by atoms with Gasteiger partial charge in [-0.2, -0.15) is 0 Å². The van der Waals surface area contributed by atoms with E-state index in [1.807, 2.05) is 0 Å². The molecule has 1 N–H and O–H groups in total. The van der Waals surface area contributed by atoms with Crippen molar-refractivity contribution >= 4 is 22.9 Å². The number of rotatable bonds is 1. The van der Waals surface area contributed by atoms with E-state index in [1.54, 1.807) is 24.3 Å². The van der Waals surface area contributed by atoms with Gasteiger partial charge >= 0.3 is 0 Å². The van der Waals surface area contributed by atoms with E-state index in [4.69, 9.17) is 5.41 Å². The minimum Gasteiger partial charge on any atom is -0.297 e. The van der Waals surface area contributed by atoms with Crippen LogP contribution in [0.2, 0.25) is 0 Å². The Hall–Kier alpha value is -2.03. The summed E-state index contributed by atoms with van der Waals surface area (Å²) in [5.74, 6) is -0.449. The number of hydrogen-bond donors (Lipinski definition) is 1. The molecule has 0 spiro atoms. The summed E-state index contributed by atoms with van der Waals surface area (Å²) in [5.41, 5.74) is 1.38. The zero-order chi connectivity index (χ0) is 11.0. The van der Waals surface area contributed by atoms with Gasteiger partial charge in [-0.05, 0) is 18.6 Å². The summed E-state index contributed by atoms with van der Waals surface area (Å²) in [6.07, 6.45) is 1.34. The van der Waals surface area contributed by atoms with Crippen molar-refractivity contribution in [3.63, 3.8) is 0 Å². The molecule has 1 aliphatic carbocycles. The van der Waals surface area contributed by atoms with E-state index in [2.05, 4.69) is 0 Å². The molecule has 15 heavy (non-hydrogen) atoms. The van der Waals surface area contributed by atoms with Crippen LogP contribution in [0, 0.1) is 5.41 Å². The lowest BCUT2D eigenvalue weighted by molar-refractivity contribution is -0.111. The summed E-state index contributed by atoms with van der Waals surface area (Å²) in [7, 11) is 0. The Kier molecular flexibility index (Phi) is 2.08. The Morgan fingerprint density at radius 1 is 1.20 bits per heavy atom. The first-order valence-electron chi connectivity index (χ1n) is 4.56. The molecular formula is C12H9NO2. The molecule has 0 atom stereocenters. The molecule has 3 nitrogen and oxygen atoms in total. The van der Waals surface area contributed by atoms with E-state index >= 15 is 0 Å². The van der Waals surface area contributed by atoms with Gasteiger partial charge in [0, 0.05) is 11.1 Å². The maximum Gasteiger partial charge on any atom is 0.211 e. The van der Waals surface area contributed by atoms with Crippen LogP contribution in [0.25, 0.3) is 5.57 Å². The zero-order valence-electron chi connectivity index (χ0n) is 8.20. The zero-order valence-corrected chi connectivity index (χ0v) is 8.20. The molecule has 0 bridgehead atoms. The summed E-state index contributed by atoms with van der Waals surface area (Å²) in [5, 5.41) is 7.47. The van der Waals surface area contributed by atoms with E-state index in [0.717, 1.165) is 0 Å². The van der Waals surface area contributed by atoms with Crippen LogP contribution < -0.4 is 0 Å². The van der Waals surface area contributed by atoms with Crippen molar-refractivity contribution in [1.29, 1.82) is 5.41 Å². The molecule has 1 aliphatic rings. The predicted octanol–water partition coefficient (Wildman–Crippen LogP) is 1.88. The number of allylic oxidation sites excluding steroid dienone is 2. The number of benzene rings is 1. The topological polar surface area (TPSA) is 58.0 Å². The van der Waals surface area contributed by atoms with Crippen molar-refractivity contribution in [1.82, 2.24) is 0 Å². The van der Waals surface area contributed by atoms with Crippen molar-refractivity contribution in [2.75, 3.05) is 0 Å². The first kappa shape index (κ1) is 9.52. The van der Waals surface area contributed by atoms with Gasteiger partial charge in [-0.1, -0.05) is 24.3 Å². The van der Waals surface area contributed by atoms with Gasteiger partial charge in [-0.25, -0.2) is 0 Å². The van der Waals surface area contributed by atoms with Gasteiger partial charge in [-0.3, -0.25) is 15.0 Å². The van der Waals surface area contributed by atoms with Gasteiger partial charge in [-0.15, -0.1) is 0 Å². The first-order valence-corrected chi connectivity index (χ1v) is 4.56. The van der Waals surface area contributed by atoms with Crippen LogP contribution in [0.15, 0.2) is 30.3 Å². The molecule has 74 valence electrons. The van der Waals surface area contributed by atoms with Gasteiger partial charge in [0.25, 0.3) is 0 Å². The van der Waals surface area contributed by atoms with Crippen LogP contribution >= 0.6 is 0 Å². The fourth-order valence-corrected chi connectivity index (χ4v) is 1.64. The standard InChI is InChI=1S/C12H9NO2/c1-7(14)10-6-11(13)12(15)9-5-3-2-4-8(9)10/h2-6,13H,1H3. The molecule has 0 unspecified atom stereocenters. The molecule has 0 amide bonds. The predicted molar refractivity (Wildman–Crippen MR) is 57.2 cm³/mol. The number of hydrogen-bond acceptors (Lipinski definition) is 3. The van der Waals surface area contributed by atoms with Gasteiger partial charge in [0.15, 0.2) is 5.78 Å². The van der Waals surface area contributed by atoms with Crippen molar-refractivity contribution < 1.29 is 9.59 Å². The van der Waals surface area contributed by atoms with Crippen LogP contribution in [-0.4, -0.2) is 17.3 Å². The van der Waals surface area contributed by atoms with Gasteiger partial charge in [0.05, 0.1) is 0 Å². The van der Waals surface area contributed by atoms with Crippen molar-refractivity contribution in [2.24, 2.45) is 0 Å². The Balaban J connectivity index is 2.71. The highest BCUT2D eigenvalue weighted by molar-refractivity contribution is 6.54. The SMILES string of the molecule is CC(=O)C1=CC(=N)C(=O)c2ccccc21. The Labute approximate surface area is 86.9 Å². The van der Waals surface area contributed by atoms with Crippen LogP contribution in [0.5, 0.6) is 0 Å². The van der Waals surface area contributed by atoms with E-state index in [1.165, 1.54) is 13.0 Å². The minimum absolute atomic E-state index is 0.125. The van der Waals surface area contributed by atoms with Crippen molar-refractivity contribution in [2.45, 2.75) is 6.92 Å². The average Bonchev–Trinajstić information content (AvgIpc) is 2.23. The number of fused-ring (bicyclic) bond motifs is 1. The third-order valence-electron chi connectivity index (χ3n) is 2.37. The summed E-state index contributed by atoms with van der Waals surface area (Å²) >= 11 is 0. The van der Waals surface area contributed by atoms with E-state index in [0.29, 0.717) is 16.7 Å².